The summed E-state index contributed by atoms with van der Waals surface area (Å²) in [6.07, 6.45) is 1.93. The molecule has 1 aromatic heterocycles. The summed E-state index contributed by atoms with van der Waals surface area (Å²) in [7, 11) is 0. The van der Waals surface area contributed by atoms with Gasteiger partial charge in [0.15, 0.2) is 0 Å². The van der Waals surface area contributed by atoms with Crippen LogP contribution in [0.2, 0.25) is 0 Å². The summed E-state index contributed by atoms with van der Waals surface area (Å²) in [5, 5.41) is 0. The number of carbonyl (C=O) groups is 2. The predicted molar refractivity (Wildman–Crippen MR) is 99.7 cm³/mol. The quantitative estimate of drug-likeness (QED) is 0.798. The first kappa shape index (κ1) is 18.0. The van der Waals surface area contributed by atoms with Gasteiger partial charge in [-0.1, -0.05) is 18.2 Å². The Kier molecular flexibility index (Phi) is 5.94. The maximum absolute atomic E-state index is 12.5. The smallest absolute Gasteiger partial charge is 0.224 e. The molecule has 1 aliphatic heterocycles. The Morgan fingerprint density at radius 3 is 2.38 bits per heavy atom. The fourth-order valence-corrected chi connectivity index (χ4v) is 3.18. The molecular weight excluding hydrogens is 330 g/mol. The van der Waals surface area contributed by atoms with Gasteiger partial charge in [0.05, 0.1) is 12.8 Å². The zero-order chi connectivity index (χ0) is 18.4. The number of benzene rings is 1. The second kappa shape index (κ2) is 8.56. The molecule has 6 heteroatoms. The van der Waals surface area contributed by atoms with Crippen LogP contribution in [0.3, 0.4) is 0 Å². The average Bonchev–Trinajstić information content (AvgIpc) is 3.18. The van der Waals surface area contributed by atoms with E-state index in [1.165, 1.54) is 12.6 Å². The first-order chi connectivity index (χ1) is 12.6. The summed E-state index contributed by atoms with van der Waals surface area (Å²) in [6.45, 7) is 5.42. The summed E-state index contributed by atoms with van der Waals surface area (Å²) in [4.78, 5) is 30.2. The van der Waals surface area contributed by atoms with Crippen molar-refractivity contribution < 1.29 is 14.0 Å². The van der Waals surface area contributed by atoms with Crippen molar-refractivity contribution in [1.82, 2.24) is 9.80 Å². The van der Waals surface area contributed by atoms with Gasteiger partial charge in [-0.05, 0) is 24.3 Å². The zero-order valence-electron chi connectivity index (χ0n) is 15.1. The van der Waals surface area contributed by atoms with Crippen LogP contribution in [0, 0.1) is 0 Å². The van der Waals surface area contributed by atoms with Crippen LogP contribution in [0.25, 0.3) is 0 Å². The van der Waals surface area contributed by atoms with Gasteiger partial charge in [0.25, 0.3) is 0 Å². The van der Waals surface area contributed by atoms with Gasteiger partial charge < -0.3 is 19.1 Å². The minimum Gasteiger partial charge on any atom is -0.467 e. The Hall–Kier alpha value is -2.76. The van der Waals surface area contributed by atoms with Crippen LogP contribution in [-0.2, 0) is 16.1 Å². The molecule has 6 nitrogen and oxygen atoms in total. The monoisotopic (exact) mass is 355 g/mol. The largest absolute Gasteiger partial charge is 0.467 e. The number of hydrogen-bond acceptors (Lipinski definition) is 4. The number of rotatable bonds is 6. The highest BCUT2D eigenvalue weighted by Crippen LogP contribution is 2.16. The third-order valence-electron chi connectivity index (χ3n) is 4.72. The van der Waals surface area contributed by atoms with E-state index in [0.29, 0.717) is 32.6 Å². The third-order valence-corrected chi connectivity index (χ3v) is 4.72. The van der Waals surface area contributed by atoms with Gasteiger partial charge in [-0.25, -0.2) is 0 Å². The number of furan rings is 1. The fraction of sp³-hybridized carbons (Fsp3) is 0.400. The molecular formula is C20H25N3O3. The van der Waals surface area contributed by atoms with E-state index < -0.39 is 0 Å². The molecule has 26 heavy (non-hydrogen) atoms. The van der Waals surface area contributed by atoms with Gasteiger partial charge in [-0.2, -0.15) is 0 Å². The second-order valence-electron chi connectivity index (χ2n) is 6.47. The summed E-state index contributed by atoms with van der Waals surface area (Å²) < 4.78 is 5.30. The Balaban J connectivity index is 1.47. The highest BCUT2D eigenvalue weighted by molar-refractivity contribution is 5.78. The lowest BCUT2D eigenvalue weighted by molar-refractivity contribution is -0.134. The summed E-state index contributed by atoms with van der Waals surface area (Å²) in [5.41, 5.74) is 1.20. The van der Waals surface area contributed by atoms with E-state index in [4.69, 9.17) is 4.42 Å². The van der Waals surface area contributed by atoms with Gasteiger partial charge in [0.1, 0.15) is 5.76 Å². The molecule has 0 spiro atoms. The van der Waals surface area contributed by atoms with E-state index in [1.54, 1.807) is 17.2 Å². The first-order valence-corrected chi connectivity index (χ1v) is 8.99. The molecule has 138 valence electrons. The molecule has 2 aromatic rings. The lowest BCUT2D eigenvalue weighted by Gasteiger charge is -2.36. The van der Waals surface area contributed by atoms with Crippen LogP contribution >= 0.6 is 0 Å². The van der Waals surface area contributed by atoms with E-state index in [1.807, 2.05) is 29.2 Å². The van der Waals surface area contributed by atoms with Crippen LogP contribution in [-0.4, -0.2) is 54.3 Å². The Morgan fingerprint density at radius 1 is 1.04 bits per heavy atom. The highest BCUT2D eigenvalue weighted by atomic mass is 16.3. The molecule has 0 radical (unpaired) electrons. The molecule has 1 aliphatic rings. The molecule has 0 saturated carbocycles. The SMILES string of the molecule is CC(=O)N(CCC(=O)N1CCN(c2ccccc2)CC1)Cc1ccco1. The number of para-hydroxylation sites is 1. The molecule has 1 fully saturated rings. The average molecular weight is 355 g/mol. The number of amides is 2. The molecule has 1 aromatic carbocycles. The van der Waals surface area contributed by atoms with E-state index in [-0.39, 0.29) is 11.8 Å². The van der Waals surface area contributed by atoms with Gasteiger partial charge in [-0.15, -0.1) is 0 Å². The Labute approximate surface area is 154 Å². The molecule has 2 heterocycles. The minimum atomic E-state index is -0.0527. The lowest BCUT2D eigenvalue weighted by atomic mass is 10.2. The summed E-state index contributed by atoms with van der Waals surface area (Å²) >= 11 is 0. The van der Waals surface area contributed by atoms with Crippen LogP contribution in [0.1, 0.15) is 19.1 Å². The number of carbonyl (C=O) groups excluding carboxylic acids is 2. The standard InChI is InChI=1S/C20H25N3O3/c1-17(24)23(16-19-8-5-15-26-19)10-9-20(25)22-13-11-21(12-14-22)18-6-3-2-4-7-18/h2-8,15H,9-14,16H2,1H3. The van der Waals surface area contributed by atoms with Crippen molar-refractivity contribution in [3.8, 4) is 0 Å². The maximum Gasteiger partial charge on any atom is 0.224 e. The van der Waals surface area contributed by atoms with E-state index >= 15 is 0 Å². The van der Waals surface area contributed by atoms with Crippen LogP contribution in [0.5, 0.6) is 0 Å². The molecule has 3 rings (SSSR count). The van der Waals surface area contributed by atoms with Crippen molar-refractivity contribution in [3.05, 3.63) is 54.5 Å². The van der Waals surface area contributed by atoms with Gasteiger partial charge in [0.2, 0.25) is 11.8 Å². The van der Waals surface area contributed by atoms with Crippen molar-refractivity contribution in [1.29, 1.82) is 0 Å². The van der Waals surface area contributed by atoms with Crippen molar-refractivity contribution in [2.45, 2.75) is 19.9 Å². The number of anilines is 1. The molecule has 0 N–H and O–H groups in total. The third kappa shape index (κ3) is 4.65. The van der Waals surface area contributed by atoms with Crippen LogP contribution in [0.15, 0.2) is 53.1 Å². The minimum absolute atomic E-state index is 0.0527. The van der Waals surface area contributed by atoms with Crippen molar-refractivity contribution in [3.63, 3.8) is 0 Å². The summed E-state index contributed by atoms with van der Waals surface area (Å²) in [6, 6.07) is 13.9. The molecule has 0 aliphatic carbocycles. The summed E-state index contributed by atoms with van der Waals surface area (Å²) in [5.74, 6) is 0.774. The van der Waals surface area contributed by atoms with E-state index in [2.05, 4.69) is 17.0 Å². The second-order valence-corrected chi connectivity index (χ2v) is 6.47. The molecule has 0 bridgehead atoms. The molecule has 1 saturated heterocycles. The number of hydrogen-bond donors (Lipinski definition) is 0. The van der Waals surface area contributed by atoms with E-state index in [9.17, 15) is 9.59 Å². The van der Waals surface area contributed by atoms with Gasteiger partial charge >= 0.3 is 0 Å². The van der Waals surface area contributed by atoms with Crippen molar-refractivity contribution >= 4 is 17.5 Å². The van der Waals surface area contributed by atoms with Gasteiger partial charge in [-0.3, -0.25) is 9.59 Å². The predicted octanol–water partition coefficient (Wildman–Crippen LogP) is 2.37. The molecule has 2 amide bonds. The topological polar surface area (TPSA) is 57.0 Å². The van der Waals surface area contributed by atoms with Crippen LogP contribution in [0.4, 0.5) is 5.69 Å². The van der Waals surface area contributed by atoms with Crippen LogP contribution < -0.4 is 4.90 Å². The van der Waals surface area contributed by atoms with Gasteiger partial charge in [0, 0.05) is 51.8 Å². The van der Waals surface area contributed by atoms with E-state index in [0.717, 1.165) is 18.8 Å². The molecule has 0 unspecified atom stereocenters. The number of nitrogens with zero attached hydrogens (tertiary/aromatic N) is 3. The lowest BCUT2D eigenvalue weighted by Crippen LogP contribution is -2.49. The van der Waals surface area contributed by atoms with Crippen molar-refractivity contribution in [2.75, 3.05) is 37.6 Å². The first-order valence-electron chi connectivity index (χ1n) is 8.99. The normalized spacial score (nSPS) is 14.3. The highest BCUT2D eigenvalue weighted by Gasteiger charge is 2.22. The Bertz CT molecular complexity index is 707. The Morgan fingerprint density at radius 2 is 1.77 bits per heavy atom. The van der Waals surface area contributed by atoms with Crippen molar-refractivity contribution in [2.24, 2.45) is 0 Å². The maximum atomic E-state index is 12.5. The molecule has 0 atom stereocenters. The zero-order valence-corrected chi connectivity index (χ0v) is 15.1. The fourth-order valence-electron chi connectivity index (χ4n) is 3.18. The number of piperazine rings is 1.